The number of hydrogen-bond donors (Lipinski definition) is 0. The van der Waals surface area contributed by atoms with Crippen LogP contribution in [0.4, 0.5) is 0 Å². The number of nitrogens with zero attached hydrogens (tertiary/aromatic N) is 2. The number of ketones is 1. The van der Waals surface area contributed by atoms with Gasteiger partial charge in [0.25, 0.3) is 0 Å². The Labute approximate surface area is 108 Å². The zero-order valence-electron chi connectivity index (χ0n) is 9.93. The van der Waals surface area contributed by atoms with Crippen LogP contribution in [0.25, 0.3) is 0 Å². The lowest BCUT2D eigenvalue weighted by atomic mass is 10.1. The fourth-order valence-corrected chi connectivity index (χ4v) is 2.80. The lowest BCUT2D eigenvalue weighted by molar-refractivity contribution is -0.150. The number of aromatic nitrogens is 2. The lowest BCUT2D eigenvalue weighted by Gasteiger charge is -2.08. The van der Waals surface area contributed by atoms with E-state index in [0.717, 1.165) is 9.35 Å². The summed E-state index contributed by atoms with van der Waals surface area (Å²) in [4.78, 5) is 23.0. The van der Waals surface area contributed by atoms with Gasteiger partial charge in [-0.05, 0) is 20.8 Å². The van der Waals surface area contributed by atoms with E-state index in [1.165, 1.54) is 23.1 Å². The first-order valence-electron chi connectivity index (χ1n) is 5.16. The summed E-state index contributed by atoms with van der Waals surface area (Å²) >= 11 is 2.73. The second kappa shape index (κ2) is 6.70. The zero-order chi connectivity index (χ0) is 12.8. The van der Waals surface area contributed by atoms with Gasteiger partial charge in [-0.3, -0.25) is 9.59 Å². The second-order valence-electron chi connectivity index (χ2n) is 3.32. The number of thioether (sulfide) groups is 1. The van der Waals surface area contributed by atoms with Gasteiger partial charge in [0, 0.05) is 0 Å². The van der Waals surface area contributed by atoms with Crippen LogP contribution in [0.3, 0.4) is 0 Å². The Morgan fingerprint density at radius 2 is 2.18 bits per heavy atom. The molecular weight excluding hydrogens is 260 g/mol. The topological polar surface area (TPSA) is 69.2 Å². The average Bonchev–Trinajstić information content (AvgIpc) is 2.71. The molecule has 0 saturated heterocycles. The summed E-state index contributed by atoms with van der Waals surface area (Å²) in [5.41, 5.74) is 0. The fourth-order valence-electron chi connectivity index (χ4n) is 0.993. The van der Waals surface area contributed by atoms with Crippen molar-refractivity contribution in [2.45, 2.75) is 25.1 Å². The predicted octanol–water partition coefficient (Wildman–Crippen LogP) is 1.71. The van der Waals surface area contributed by atoms with E-state index >= 15 is 0 Å². The van der Waals surface area contributed by atoms with Gasteiger partial charge in [0.05, 0.1) is 12.4 Å². The summed E-state index contributed by atoms with van der Waals surface area (Å²) in [5.74, 6) is -1.11. The van der Waals surface area contributed by atoms with Crippen LogP contribution in [0.5, 0.6) is 0 Å². The monoisotopic (exact) mass is 274 g/mol. The molecular formula is C10H14N2O3S2. The maximum atomic E-state index is 11.7. The van der Waals surface area contributed by atoms with Gasteiger partial charge in [-0.25, -0.2) is 0 Å². The molecule has 0 aliphatic rings. The van der Waals surface area contributed by atoms with E-state index < -0.39 is 11.9 Å². The van der Waals surface area contributed by atoms with Crippen molar-refractivity contribution in [1.82, 2.24) is 10.2 Å². The van der Waals surface area contributed by atoms with Crippen LogP contribution in [0.1, 0.15) is 18.9 Å². The zero-order valence-corrected chi connectivity index (χ0v) is 11.6. The number of carbonyl (C=O) groups is 2. The number of ether oxygens (including phenoxy) is 1. The Kier molecular flexibility index (Phi) is 5.57. The van der Waals surface area contributed by atoms with Crippen LogP contribution in [-0.4, -0.2) is 34.3 Å². The summed E-state index contributed by atoms with van der Waals surface area (Å²) in [6.45, 7) is 5.42. The van der Waals surface area contributed by atoms with Gasteiger partial charge in [0.15, 0.2) is 10.1 Å². The molecule has 1 unspecified atom stereocenters. The molecule has 0 bridgehead atoms. The van der Waals surface area contributed by atoms with Crippen molar-refractivity contribution < 1.29 is 14.3 Å². The number of esters is 1. The van der Waals surface area contributed by atoms with Gasteiger partial charge in [0.2, 0.25) is 0 Å². The molecule has 1 aromatic rings. The quantitative estimate of drug-likeness (QED) is 0.447. The molecule has 94 valence electrons. The molecule has 0 spiro atoms. The molecule has 1 atom stereocenters. The Balaban J connectivity index is 2.41. The average molecular weight is 274 g/mol. The normalized spacial score (nSPS) is 12.2. The molecule has 0 aromatic carbocycles. The number of aryl methyl sites for hydroxylation is 1. The van der Waals surface area contributed by atoms with Crippen molar-refractivity contribution in [3.63, 3.8) is 0 Å². The Hall–Kier alpha value is -0.950. The minimum atomic E-state index is -0.712. The summed E-state index contributed by atoms with van der Waals surface area (Å²) < 4.78 is 5.53. The lowest BCUT2D eigenvalue weighted by Crippen LogP contribution is -2.24. The van der Waals surface area contributed by atoms with E-state index in [1.807, 2.05) is 6.92 Å². The van der Waals surface area contributed by atoms with Gasteiger partial charge in [-0.15, -0.1) is 10.2 Å². The highest BCUT2D eigenvalue weighted by Crippen LogP contribution is 2.22. The standard InChI is InChI=1S/C10H14N2O3S2/c1-4-15-9(14)6(2)8(13)5-16-10-12-11-7(3)17-10/h6H,4-5H2,1-3H3. The maximum Gasteiger partial charge on any atom is 0.316 e. The molecule has 0 saturated carbocycles. The largest absolute Gasteiger partial charge is 0.465 e. The second-order valence-corrected chi connectivity index (χ2v) is 5.72. The number of carbonyl (C=O) groups excluding carboxylic acids is 2. The van der Waals surface area contributed by atoms with Crippen LogP contribution in [0, 0.1) is 12.8 Å². The first-order chi connectivity index (χ1) is 8.04. The van der Waals surface area contributed by atoms with Gasteiger partial charge in [-0.2, -0.15) is 0 Å². The minimum absolute atomic E-state index is 0.152. The van der Waals surface area contributed by atoms with Crippen molar-refractivity contribution in [3.05, 3.63) is 5.01 Å². The van der Waals surface area contributed by atoms with Crippen molar-refractivity contribution in [2.75, 3.05) is 12.4 Å². The fraction of sp³-hybridized carbons (Fsp3) is 0.600. The summed E-state index contributed by atoms with van der Waals surface area (Å²) in [7, 11) is 0. The van der Waals surface area contributed by atoms with E-state index in [0.29, 0.717) is 6.61 Å². The van der Waals surface area contributed by atoms with Crippen molar-refractivity contribution >= 4 is 34.9 Å². The third-order valence-electron chi connectivity index (χ3n) is 1.97. The molecule has 17 heavy (non-hydrogen) atoms. The minimum Gasteiger partial charge on any atom is -0.465 e. The highest BCUT2D eigenvalue weighted by atomic mass is 32.2. The molecule has 0 N–H and O–H groups in total. The van der Waals surface area contributed by atoms with Crippen molar-refractivity contribution in [1.29, 1.82) is 0 Å². The van der Waals surface area contributed by atoms with Gasteiger partial charge >= 0.3 is 5.97 Å². The SMILES string of the molecule is CCOC(=O)C(C)C(=O)CSc1nnc(C)s1. The molecule has 5 nitrogen and oxygen atoms in total. The Bertz CT molecular complexity index is 406. The van der Waals surface area contributed by atoms with Gasteiger partial charge < -0.3 is 4.74 Å². The summed E-state index contributed by atoms with van der Waals surface area (Å²) in [6, 6.07) is 0. The number of Topliss-reactive ketones (excluding diaryl/α,β-unsaturated/α-hetero) is 1. The highest BCUT2D eigenvalue weighted by Gasteiger charge is 2.22. The molecule has 0 fully saturated rings. The van der Waals surface area contributed by atoms with Crippen molar-refractivity contribution in [3.8, 4) is 0 Å². The van der Waals surface area contributed by atoms with E-state index in [4.69, 9.17) is 4.74 Å². The van der Waals surface area contributed by atoms with Crippen LogP contribution in [0.2, 0.25) is 0 Å². The first-order valence-corrected chi connectivity index (χ1v) is 6.97. The van der Waals surface area contributed by atoms with Crippen LogP contribution >= 0.6 is 23.1 Å². The summed E-state index contributed by atoms with van der Waals surface area (Å²) in [6.07, 6.45) is 0. The third-order valence-corrected chi connectivity index (χ3v) is 3.96. The van der Waals surface area contributed by atoms with Gasteiger partial charge in [0.1, 0.15) is 10.9 Å². The van der Waals surface area contributed by atoms with E-state index in [9.17, 15) is 9.59 Å². The van der Waals surface area contributed by atoms with E-state index in [-0.39, 0.29) is 11.5 Å². The molecule has 0 aliphatic carbocycles. The number of rotatable bonds is 6. The number of hydrogen-bond acceptors (Lipinski definition) is 7. The summed E-state index contributed by atoms with van der Waals surface area (Å²) in [5, 5.41) is 8.60. The molecule has 7 heteroatoms. The molecule has 0 amide bonds. The highest BCUT2D eigenvalue weighted by molar-refractivity contribution is 8.01. The Morgan fingerprint density at radius 1 is 1.47 bits per heavy atom. The maximum absolute atomic E-state index is 11.7. The molecule has 1 heterocycles. The van der Waals surface area contributed by atoms with Crippen LogP contribution in [-0.2, 0) is 14.3 Å². The molecule has 1 aromatic heterocycles. The van der Waals surface area contributed by atoms with E-state index in [1.54, 1.807) is 13.8 Å². The third kappa shape index (κ3) is 4.43. The molecule has 1 rings (SSSR count). The van der Waals surface area contributed by atoms with E-state index in [2.05, 4.69) is 10.2 Å². The molecule has 0 radical (unpaired) electrons. The Morgan fingerprint density at radius 3 is 2.71 bits per heavy atom. The van der Waals surface area contributed by atoms with Crippen LogP contribution in [0.15, 0.2) is 4.34 Å². The smallest absolute Gasteiger partial charge is 0.316 e. The molecule has 0 aliphatic heterocycles. The van der Waals surface area contributed by atoms with Crippen molar-refractivity contribution in [2.24, 2.45) is 5.92 Å². The predicted molar refractivity (Wildman–Crippen MR) is 66.2 cm³/mol. The first kappa shape index (κ1) is 14.1. The van der Waals surface area contributed by atoms with Gasteiger partial charge in [-0.1, -0.05) is 23.1 Å². The van der Waals surface area contributed by atoms with Crippen LogP contribution < -0.4 is 0 Å².